The van der Waals surface area contributed by atoms with Gasteiger partial charge in [-0.3, -0.25) is 0 Å². The highest BCUT2D eigenvalue weighted by atomic mass is 16.6. The van der Waals surface area contributed by atoms with Gasteiger partial charge in [0.2, 0.25) is 0 Å². The summed E-state index contributed by atoms with van der Waals surface area (Å²) in [7, 11) is 1.66. The molecule has 0 heterocycles. The second-order valence-corrected chi connectivity index (χ2v) is 5.99. The van der Waals surface area contributed by atoms with Crippen molar-refractivity contribution in [2.45, 2.75) is 45.9 Å². The maximum Gasteiger partial charge on any atom is 0.407 e. The molecule has 0 saturated carbocycles. The second-order valence-electron chi connectivity index (χ2n) is 5.99. The van der Waals surface area contributed by atoms with Crippen LogP contribution >= 0.6 is 0 Å². The van der Waals surface area contributed by atoms with Crippen LogP contribution in [0, 0.1) is 0 Å². The molecule has 1 rings (SSSR count). The molecule has 0 aliphatic rings. The number of amides is 1. The lowest BCUT2D eigenvalue weighted by atomic mass is 10.2. The molecular formula is C16H26N2O3. The van der Waals surface area contributed by atoms with Gasteiger partial charge >= 0.3 is 6.09 Å². The third-order valence-corrected chi connectivity index (χ3v) is 2.72. The Labute approximate surface area is 127 Å². The first-order chi connectivity index (χ1) is 9.81. The fourth-order valence-electron chi connectivity index (χ4n) is 1.83. The van der Waals surface area contributed by atoms with E-state index in [0.29, 0.717) is 13.1 Å². The summed E-state index contributed by atoms with van der Waals surface area (Å²) in [5.41, 5.74) is 0.610. The van der Waals surface area contributed by atoms with Gasteiger partial charge in [-0.25, -0.2) is 4.79 Å². The summed E-state index contributed by atoms with van der Waals surface area (Å²) in [4.78, 5) is 11.6. The number of carbonyl (C=O) groups is 1. The summed E-state index contributed by atoms with van der Waals surface area (Å²) in [5.74, 6) is 0.859. The zero-order chi connectivity index (χ0) is 15.9. The Morgan fingerprint density at radius 2 is 1.95 bits per heavy atom. The molecule has 2 N–H and O–H groups in total. The van der Waals surface area contributed by atoms with Crippen LogP contribution < -0.4 is 15.4 Å². The van der Waals surface area contributed by atoms with E-state index in [0.717, 1.165) is 11.3 Å². The zero-order valence-corrected chi connectivity index (χ0v) is 13.5. The molecule has 118 valence electrons. The third-order valence-electron chi connectivity index (χ3n) is 2.72. The standard InChI is InChI=1S/C16H26N2O3/c1-12(18-15(19)21-16(2,3)4)10-17-11-13-8-6-7-9-14(13)20-5/h6-9,12,17H,10-11H2,1-5H3,(H,18,19). The molecule has 1 aromatic carbocycles. The van der Waals surface area contributed by atoms with Crippen molar-refractivity contribution in [3.8, 4) is 5.75 Å². The number of hydrogen-bond acceptors (Lipinski definition) is 4. The summed E-state index contributed by atoms with van der Waals surface area (Å²) in [6, 6.07) is 7.84. The molecule has 5 heteroatoms. The highest BCUT2D eigenvalue weighted by Crippen LogP contribution is 2.16. The number of carbonyl (C=O) groups excluding carboxylic acids is 1. The predicted molar refractivity (Wildman–Crippen MR) is 83.5 cm³/mol. The van der Waals surface area contributed by atoms with Crippen LogP contribution in [0.25, 0.3) is 0 Å². The number of nitrogens with one attached hydrogen (secondary N) is 2. The smallest absolute Gasteiger partial charge is 0.407 e. The molecule has 1 unspecified atom stereocenters. The average molecular weight is 294 g/mol. The van der Waals surface area contributed by atoms with E-state index in [1.165, 1.54) is 0 Å². The number of alkyl carbamates (subject to hydrolysis) is 1. The van der Waals surface area contributed by atoms with Crippen molar-refractivity contribution < 1.29 is 14.3 Å². The van der Waals surface area contributed by atoms with Gasteiger partial charge in [-0.1, -0.05) is 18.2 Å². The van der Waals surface area contributed by atoms with Gasteiger partial charge in [0.05, 0.1) is 7.11 Å². The van der Waals surface area contributed by atoms with Gasteiger partial charge < -0.3 is 20.1 Å². The number of hydrogen-bond donors (Lipinski definition) is 2. The van der Waals surface area contributed by atoms with Crippen molar-refractivity contribution in [2.24, 2.45) is 0 Å². The Morgan fingerprint density at radius 3 is 2.57 bits per heavy atom. The monoisotopic (exact) mass is 294 g/mol. The van der Waals surface area contributed by atoms with Gasteiger partial charge in [0, 0.05) is 24.7 Å². The number of rotatable bonds is 6. The van der Waals surface area contributed by atoms with Crippen LogP contribution in [0.1, 0.15) is 33.3 Å². The van der Waals surface area contributed by atoms with Crippen molar-refractivity contribution in [2.75, 3.05) is 13.7 Å². The van der Waals surface area contributed by atoms with Gasteiger partial charge in [-0.05, 0) is 33.8 Å². The van der Waals surface area contributed by atoms with Crippen molar-refractivity contribution in [1.82, 2.24) is 10.6 Å². The Balaban J connectivity index is 2.33. The van der Waals surface area contributed by atoms with Crippen LogP contribution in [0.4, 0.5) is 4.79 Å². The Morgan fingerprint density at radius 1 is 1.29 bits per heavy atom. The molecule has 0 saturated heterocycles. The topological polar surface area (TPSA) is 59.6 Å². The van der Waals surface area contributed by atoms with Gasteiger partial charge in [0.1, 0.15) is 11.4 Å². The molecule has 0 spiro atoms. The highest BCUT2D eigenvalue weighted by molar-refractivity contribution is 5.68. The maximum atomic E-state index is 11.6. The molecule has 0 aliphatic carbocycles. The third kappa shape index (κ3) is 6.99. The molecular weight excluding hydrogens is 268 g/mol. The molecule has 21 heavy (non-hydrogen) atoms. The fraction of sp³-hybridized carbons (Fsp3) is 0.562. The van der Waals surface area contributed by atoms with Crippen molar-refractivity contribution in [3.05, 3.63) is 29.8 Å². The number of benzene rings is 1. The molecule has 0 bridgehead atoms. The van der Waals surface area contributed by atoms with E-state index in [4.69, 9.17) is 9.47 Å². The van der Waals surface area contributed by atoms with Crippen LogP contribution in [0.3, 0.4) is 0 Å². The van der Waals surface area contributed by atoms with Crippen molar-refractivity contribution >= 4 is 6.09 Å². The normalized spacial score (nSPS) is 12.6. The van der Waals surface area contributed by atoms with E-state index in [1.54, 1.807) is 7.11 Å². The van der Waals surface area contributed by atoms with Crippen LogP contribution in [0.2, 0.25) is 0 Å². The number of methoxy groups -OCH3 is 1. The minimum atomic E-state index is -0.478. The van der Waals surface area contributed by atoms with Crippen LogP contribution in [-0.2, 0) is 11.3 Å². The second kappa shape index (κ2) is 7.88. The van der Waals surface area contributed by atoms with Gasteiger partial charge in [-0.15, -0.1) is 0 Å². The van der Waals surface area contributed by atoms with Gasteiger partial charge in [-0.2, -0.15) is 0 Å². The SMILES string of the molecule is COc1ccccc1CNCC(C)NC(=O)OC(C)(C)C. The highest BCUT2D eigenvalue weighted by Gasteiger charge is 2.17. The van der Waals surface area contributed by atoms with Gasteiger partial charge in [0.15, 0.2) is 0 Å². The molecule has 1 atom stereocenters. The summed E-state index contributed by atoms with van der Waals surface area (Å²) >= 11 is 0. The molecule has 1 aromatic rings. The Bertz CT molecular complexity index is 455. The summed E-state index contributed by atoms with van der Waals surface area (Å²) in [5, 5.41) is 6.09. The van der Waals surface area contributed by atoms with E-state index in [-0.39, 0.29) is 6.04 Å². The molecule has 0 aliphatic heterocycles. The summed E-state index contributed by atoms with van der Waals surface area (Å²) < 4.78 is 10.5. The van der Waals surface area contributed by atoms with Crippen LogP contribution in [0.5, 0.6) is 5.75 Å². The Hall–Kier alpha value is -1.75. The molecule has 0 radical (unpaired) electrons. The van der Waals surface area contributed by atoms with Crippen LogP contribution in [0.15, 0.2) is 24.3 Å². The number of ether oxygens (including phenoxy) is 2. The van der Waals surface area contributed by atoms with Gasteiger partial charge in [0.25, 0.3) is 0 Å². The lowest BCUT2D eigenvalue weighted by Crippen LogP contribution is -2.42. The molecule has 0 aromatic heterocycles. The van der Waals surface area contributed by atoms with E-state index < -0.39 is 11.7 Å². The number of para-hydroxylation sites is 1. The molecule has 0 fully saturated rings. The minimum absolute atomic E-state index is 0.0189. The lowest BCUT2D eigenvalue weighted by molar-refractivity contribution is 0.0508. The first kappa shape index (κ1) is 17.3. The largest absolute Gasteiger partial charge is 0.496 e. The van der Waals surface area contributed by atoms with Crippen molar-refractivity contribution in [3.63, 3.8) is 0 Å². The molecule has 5 nitrogen and oxygen atoms in total. The quantitative estimate of drug-likeness (QED) is 0.847. The van der Waals surface area contributed by atoms with E-state index in [9.17, 15) is 4.79 Å². The predicted octanol–water partition coefficient (Wildman–Crippen LogP) is 2.70. The Kier molecular flexibility index (Phi) is 6.49. The average Bonchev–Trinajstić information content (AvgIpc) is 2.36. The maximum absolute atomic E-state index is 11.6. The lowest BCUT2D eigenvalue weighted by Gasteiger charge is -2.22. The first-order valence-electron chi connectivity index (χ1n) is 7.14. The van der Waals surface area contributed by atoms with E-state index in [1.807, 2.05) is 52.0 Å². The van der Waals surface area contributed by atoms with Crippen LogP contribution in [-0.4, -0.2) is 31.4 Å². The molecule has 1 amide bonds. The summed E-state index contributed by atoms with van der Waals surface area (Å²) in [6.07, 6.45) is -0.394. The van der Waals surface area contributed by atoms with Crippen molar-refractivity contribution in [1.29, 1.82) is 0 Å². The summed E-state index contributed by atoms with van der Waals surface area (Å²) in [6.45, 7) is 8.80. The van der Waals surface area contributed by atoms with E-state index >= 15 is 0 Å². The van der Waals surface area contributed by atoms with E-state index in [2.05, 4.69) is 10.6 Å². The minimum Gasteiger partial charge on any atom is -0.496 e. The zero-order valence-electron chi connectivity index (χ0n) is 13.5. The fourth-order valence-corrected chi connectivity index (χ4v) is 1.83. The first-order valence-corrected chi connectivity index (χ1v) is 7.14.